The van der Waals surface area contributed by atoms with E-state index >= 15 is 0 Å². The molecule has 0 aromatic carbocycles. The molecule has 0 spiro atoms. The van der Waals surface area contributed by atoms with Gasteiger partial charge >= 0.3 is 0 Å². The summed E-state index contributed by atoms with van der Waals surface area (Å²) in [6.07, 6.45) is 2.48. The van der Waals surface area contributed by atoms with Crippen LogP contribution < -0.4 is 10.9 Å². The highest BCUT2D eigenvalue weighted by Gasteiger charge is 2.33. The fourth-order valence-electron chi connectivity index (χ4n) is 0.732. The van der Waals surface area contributed by atoms with Crippen LogP contribution in [0.1, 0.15) is 26.7 Å². The molecule has 1 heterocycles. The Labute approximate surface area is 44.3 Å². The van der Waals surface area contributed by atoms with Crippen LogP contribution in [0.4, 0.5) is 0 Å². The van der Waals surface area contributed by atoms with E-state index in [1.165, 1.54) is 12.8 Å². The van der Waals surface area contributed by atoms with E-state index in [0.717, 1.165) is 0 Å². The highest BCUT2D eigenvalue weighted by molar-refractivity contribution is 4.87. The van der Waals surface area contributed by atoms with Crippen LogP contribution in [0, 0.1) is 0 Å². The lowest BCUT2D eigenvalue weighted by Gasteiger charge is -1.97. The smallest absolute Gasteiger partial charge is 0.0915 e. The van der Waals surface area contributed by atoms with E-state index < -0.39 is 0 Å². The van der Waals surface area contributed by atoms with Crippen molar-refractivity contribution >= 4 is 0 Å². The van der Waals surface area contributed by atoms with Crippen LogP contribution in [0.2, 0.25) is 0 Å². The molecule has 1 aliphatic rings. The standard InChI is InChI=1S/C5H12N2/c1-3-4-5(2)6-7-5/h6-7H,3-4H2,1-2H3. The van der Waals surface area contributed by atoms with Crippen LogP contribution in [0.15, 0.2) is 0 Å². The number of hydrogen-bond acceptors (Lipinski definition) is 2. The van der Waals surface area contributed by atoms with Crippen molar-refractivity contribution in [1.29, 1.82) is 0 Å². The van der Waals surface area contributed by atoms with Crippen molar-refractivity contribution < 1.29 is 0 Å². The van der Waals surface area contributed by atoms with E-state index in [1.54, 1.807) is 0 Å². The van der Waals surface area contributed by atoms with E-state index in [1.807, 2.05) is 0 Å². The van der Waals surface area contributed by atoms with Gasteiger partial charge in [0.05, 0.1) is 5.66 Å². The highest BCUT2D eigenvalue weighted by Crippen LogP contribution is 2.14. The van der Waals surface area contributed by atoms with Crippen molar-refractivity contribution in [3.63, 3.8) is 0 Å². The Morgan fingerprint density at radius 1 is 1.43 bits per heavy atom. The molecule has 2 N–H and O–H groups in total. The van der Waals surface area contributed by atoms with Crippen LogP contribution in [0.5, 0.6) is 0 Å². The van der Waals surface area contributed by atoms with Crippen LogP contribution in [-0.4, -0.2) is 5.66 Å². The molecule has 42 valence electrons. The molecule has 0 aromatic heterocycles. The molecule has 1 fully saturated rings. The SMILES string of the molecule is CCCC1(C)NN1. The van der Waals surface area contributed by atoms with Gasteiger partial charge in [-0.05, 0) is 13.3 Å². The number of hydrogen-bond donors (Lipinski definition) is 2. The molecular formula is C5H12N2. The molecule has 0 saturated carbocycles. The van der Waals surface area contributed by atoms with Gasteiger partial charge in [0, 0.05) is 0 Å². The van der Waals surface area contributed by atoms with Crippen molar-refractivity contribution in [2.45, 2.75) is 32.4 Å². The van der Waals surface area contributed by atoms with Gasteiger partial charge in [0.1, 0.15) is 0 Å². The number of hydrazine groups is 1. The lowest BCUT2D eigenvalue weighted by atomic mass is 10.2. The quantitative estimate of drug-likeness (QED) is 0.499. The average Bonchev–Trinajstić information content (AvgIpc) is 2.22. The molecule has 0 unspecified atom stereocenters. The summed E-state index contributed by atoms with van der Waals surface area (Å²) >= 11 is 0. The Hall–Kier alpha value is -0.0800. The fraction of sp³-hybridized carbons (Fsp3) is 1.00. The summed E-state index contributed by atoms with van der Waals surface area (Å²) in [6.45, 7) is 4.35. The Bertz CT molecular complexity index is 66.5. The van der Waals surface area contributed by atoms with Crippen LogP contribution in [-0.2, 0) is 0 Å². The molecule has 0 amide bonds. The number of rotatable bonds is 2. The second-order valence-electron chi connectivity index (χ2n) is 2.33. The van der Waals surface area contributed by atoms with Crippen molar-refractivity contribution in [2.24, 2.45) is 0 Å². The minimum absolute atomic E-state index is 0.300. The van der Waals surface area contributed by atoms with E-state index in [2.05, 4.69) is 24.7 Å². The maximum absolute atomic E-state index is 3.06. The second kappa shape index (κ2) is 1.46. The van der Waals surface area contributed by atoms with Crippen molar-refractivity contribution in [1.82, 2.24) is 10.9 Å². The first-order chi connectivity index (χ1) is 3.27. The predicted octanol–water partition coefficient (Wildman–Crippen LogP) is 0.610. The fourth-order valence-corrected chi connectivity index (χ4v) is 0.732. The zero-order valence-electron chi connectivity index (χ0n) is 4.91. The average molecular weight is 100 g/mol. The topological polar surface area (TPSA) is 43.9 Å². The van der Waals surface area contributed by atoms with Gasteiger partial charge in [-0.1, -0.05) is 13.3 Å². The lowest BCUT2D eigenvalue weighted by molar-refractivity contribution is 0.593. The molecule has 0 radical (unpaired) electrons. The molecule has 1 saturated heterocycles. The molecule has 0 bridgehead atoms. The zero-order valence-corrected chi connectivity index (χ0v) is 4.91. The van der Waals surface area contributed by atoms with Gasteiger partial charge in [-0.2, -0.15) is 0 Å². The molecule has 2 nitrogen and oxygen atoms in total. The molecule has 0 atom stereocenters. The largest absolute Gasteiger partial charge is 0.235 e. The first kappa shape index (κ1) is 5.06. The molecule has 2 heteroatoms. The summed E-state index contributed by atoms with van der Waals surface area (Å²) in [5.41, 5.74) is 6.42. The Morgan fingerprint density at radius 3 is 2.14 bits per heavy atom. The minimum atomic E-state index is 0.300. The Kier molecular flexibility index (Phi) is 1.05. The van der Waals surface area contributed by atoms with Crippen LogP contribution in [0.3, 0.4) is 0 Å². The Morgan fingerprint density at radius 2 is 2.00 bits per heavy atom. The zero-order chi connectivity index (χ0) is 5.33. The summed E-state index contributed by atoms with van der Waals surface area (Å²) in [5.74, 6) is 0. The van der Waals surface area contributed by atoms with Gasteiger partial charge < -0.3 is 0 Å². The van der Waals surface area contributed by atoms with Gasteiger partial charge in [-0.25, -0.2) is 10.9 Å². The van der Waals surface area contributed by atoms with Crippen molar-refractivity contribution in [3.05, 3.63) is 0 Å². The third kappa shape index (κ3) is 1.14. The number of nitrogens with one attached hydrogen (secondary N) is 2. The van der Waals surface area contributed by atoms with Gasteiger partial charge in [0.15, 0.2) is 0 Å². The van der Waals surface area contributed by atoms with E-state index in [9.17, 15) is 0 Å². The third-order valence-corrected chi connectivity index (χ3v) is 1.30. The third-order valence-electron chi connectivity index (χ3n) is 1.30. The lowest BCUT2D eigenvalue weighted by Crippen LogP contribution is -2.09. The summed E-state index contributed by atoms with van der Waals surface area (Å²) in [7, 11) is 0. The molecule has 0 aliphatic carbocycles. The Balaban J connectivity index is 2.13. The van der Waals surface area contributed by atoms with Gasteiger partial charge in [-0.15, -0.1) is 0 Å². The van der Waals surface area contributed by atoms with E-state index in [0.29, 0.717) is 5.66 Å². The molecule has 7 heavy (non-hydrogen) atoms. The summed E-state index contributed by atoms with van der Waals surface area (Å²) < 4.78 is 0. The molecule has 1 rings (SSSR count). The summed E-state index contributed by atoms with van der Waals surface area (Å²) in [6, 6.07) is 0. The summed E-state index contributed by atoms with van der Waals surface area (Å²) in [4.78, 5) is 0. The predicted molar refractivity (Wildman–Crippen MR) is 29.6 cm³/mol. The maximum atomic E-state index is 3.06. The second-order valence-corrected chi connectivity index (χ2v) is 2.33. The van der Waals surface area contributed by atoms with Gasteiger partial charge in [0.25, 0.3) is 0 Å². The van der Waals surface area contributed by atoms with E-state index in [-0.39, 0.29) is 0 Å². The molecule has 1 aliphatic heterocycles. The van der Waals surface area contributed by atoms with Gasteiger partial charge in [-0.3, -0.25) is 0 Å². The summed E-state index contributed by atoms with van der Waals surface area (Å²) in [5, 5.41) is 0. The van der Waals surface area contributed by atoms with E-state index in [4.69, 9.17) is 0 Å². The monoisotopic (exact) mass is 100 g/mol. The first-order valence-electron chi connectivity index (χ1n) is 2.81. The first-order valence-corrected chi connectivity index (χ1v) is 2.81. The van der Waals surface area contributed by atoms with Crippen LogP contribution >= 0.6 is 0 Å². The van der Waals surface area contributed by atoms with Gasteiger partial charge in [0.2, 0.25) is 0 Å². The van der Waals surface area contributed by atoms with Crippen molar-refractivity contribution in [3.8, 4) is 0 Å². The molecular weight excluding hydrogens is 88.1 g/mol. The minimum Gasteiger partial charge on any atom is -0.235 e. The molecule has 0 aromatic rings. The maximum Gasteiger partial charge on any atom is 0.0915 e. The normalized spacial score (nSPS) is 24.9. The van der Waals surface area contributed by atoms with Crippen molar-refractivity contribution in [2.75, 3.05) is 0 Å². The highest BCUT2D eigenvalue weighted by atomic mass is 15.7. The van der Waals surface area contributed by atoms with Crippen LogP contribution in [0.25, 0.3) is 0 Å².